The molecule has 6 heteroatoms. The van der Waals surface area contributed by atoms with Gasteiger partial charge in [0.05, 0.1) is 6.42 Å². The minimum atomic E-state index is -0.899. The van der Waals surface area contributed by atoms with E-state index in [2.05, 4.69) is 5.32 Å². The monoisotopic (exact) mass is 244 g/mol. The van der Waals surface area contributed by atoms with Crippen LogP contribution < -0.4 is 5.32 Å². The highest BCUT2D eigenvalue weighted by Crippen LogP contribution is 2.17. The van der Waals surface area contributed by atoms with Gasteiger partial charge in [0, 0.05) is 33.4 Å². The second-order valence-electron chi connectivity index (χ2n) is 4.26. The van der Waals surface area contributed by atoms with Gasteiger partial charge in [-0.15, -0.1) is 0 Å². The van der Waals surface area contributed by atoms with E-state index in [9.17, 15) is 9.59 Å². The number of hydrogen-bond acceptors (Lipinski definition) is 3. The molecule has 1 saturated heterocycles. The van der Waals surface area contributed by atoms with Crippen LogP contribution in [0.5, 0.6) is 0 Å². The molecule has 0 unspecified atom stereocenters. The Kier molecular flexibility index (Phi) is 5.76. The Morgan fingerprint density at radius 3 is 2.59 bits per heavy atom. The molecule has 1 fully saturated rings. The molecule has 0 aromatic carbocycles. The van der Waals surface area contributed by atoms with Gasteiger partial charge >= 0.3 is 12.0 Å². The molecular formula is C11H20N2O4. The number of likely N-dealkylation sites (tertiary alicyclic amines) is 1. The van der Waals surface area contributed by atoms with Gasteiger partial charge in [0.25, 0.3) is 0 Å². The number of ether oxygens (including phenoxy) is 1. The van der Waals surface area contributed by atoms with Gasteiger partial charge in [-0.25, -0.2) is 4.79 Å². The van der Waals surface area contributed by atoms with Gasteiger partial charge in [0.15, 0.2) is 0 Å². The summed E-state index contributed by atoms with van der Waals surface area (Å²) >= 11 is 0. The number of methoxy groups -OCH3 is 1. The third-order valence-corrected chi connectivity index (χ3v) is 2.92. The van der Waals surface area contributed by atoms with Crippen molar-refractivity contribution in [2.75, 3.05) is 33.4 Å². The number of aliphatic carboxylic acids is 1. The Morgan fingerprint density at radius 2 is 2.06 bits per heavy atom. The number of urea groups is 1. The lowest BCUT2D eigenvalue weighted by atomic mass is 9.98. The zero-order valence-corrected chi connectivity index (χ0v) is 10.1. The first kappa shape index (κ1) is 13.8. The number of carbonyl (C=O) groups excluding carboxylic acids is 1. The van der Waals surface area contributed by atoms with Crippen molar-refractivity contribution in [2.24, 2.45) is 5.92 Å². The standard InChI is InChI=1S/C11H20N2O4/c1-17-8-9-3-6-13(7-4-9)11(16)12-5-2-10(14)15/h9H,2-8H2,1H3,(H,12,16)(H,14,15). The fraction of sp³-hybridized carbons (Fsp3) is 0.818. The Labute approximate surface area is 101 Å². The van der Waals surface area contributed by atoms with Crippen LogP contribution in [0.4, 0.5) is 4.79 Å². The number of carboxylic acid groups (broad SMARTS) is 1. The normalized spacial score (nSPS) is 16.9. The highest BCUT2D eigenvalue weighted by molar-refractivity contribution is 5.75. The van der Waals surface area contributed by atoms with E-state index in [1.807, 2.05) is 0 Å². The average Bonchev–Trinajstić information content (AvgIpc) is 2.30. The molecule has 0 aromatic rings. The van der Waals surface area contributed by atoms with Crippen molar-refractivity contribution < 1.29 is 19.4 Å². The van der Waals surface area contributed by atoms with Gasteiger partial charge in [0.2, 0.25) is 0 Å². The van der Waals surface area contributed by atoms with Crippen LogP contribution >= 0.6 is 0 Å². The second-order valence-corrected chi connectivity index (χ2v) is 4.26. The van der Waals surface area contributed by atoms with Gasteiger partial charge in [-0.2, -0.15) is 0 Å². The lowest BCUT2D eigenvalue weighted by molar-refractivity contribution is -0.136. The van der Waals surface area contributed by atoms with Crippen molar-refractivity contribution in [2.45, 2.75) is 19.3 Å². The number of carboxylic acids is 1. The first-order valence-electron chi connectivity index (χ1n) is 5.87. The van der Waals surface area contributed by atoms with Gasteiger partial charge in [-0.1, -0.05) is 0 Å². The molecule has 1 aliphatic heterocycles. The van der Waals surface area contributed by atoms with Gasteiger partial charge < -0.3 is 20.1 Å². The molecule has 0 saturated carbocycles. The molecule has 6 nitrogen and oxygen atoms in total. The summed E-state index contributed by atoms with van der Waals surface area (Å²) in [5.41, 5.74) is 0. The molecule has 17 heavy (non-hydrogen) atoms. The maximum absolute atomic E-state index is 11.6. The van der Waals surface area contributed by atoms with Crippen molar-refractivity contribution in [3.05, 3.63) is 0 Å². The summed E-state index contributed by atoms with van der Waals surface area (Å²) in [5.74, 6) is -0.368. The Balaban J connectivity index is 2.19. The molecule has 2 N–H and O–H groups in total. The number of amides is 2. The molecule has 0 atom stereocenters. The van der Waals surface area contributed by atoms with E-state index < -0.39 is 5.97 Å². The van der Waals surface area contributed by atoms with Crippen LogP contribution in [-0.2, 0) is 9.53 Å². The number of rotatable bonds is 5. The summed E-state index contributed by atoms with van der Waals surface area (Å²) in [6, 6.07) is -0.165. The summed E-state index contributed by atoms with van der Waals surface area (Å²) in [4.78, 5) is 23.7. The van der Waals surface area contributed by atoms with Crippen LogP contribution in [-0.4, -0.2) is 55.4 Å². The molecule has 0 spiro atoms. The molecule has 0 aliphatic carbocycles. The molecule has 1 heterocycles. The van der Waals surface area contributed by atoms with Crippen LogP contribution in [0.25, 0.3) is 0 Å². The second kappa shape index (κ2) is 7.11. The Bertz CT molecular complexity index is 262. The summed E-state index contributed by atoms with van der Waals surface area (Å²) < 4.78 is 5.08. The van der Waals surface area contributed by atoms with Crippen molar-refractivity contribution in [1.29, 1.82) is 0 Å². The fourth-order valence-electron chi connectivity index (χ4n) is 1.93. The lowest BCUT2D eigenvalue weighted by Gasteiger charge is -2.31. The van der Waals surface area contributed by atoms with Crippen LogP contribution in [0.2, 0.25) is 0 Å². The zero-order chi connectivity index (χ0) is 12.7. The van der Waals surface area contributed by atoms with Crippen LogP contribution in [0.3, 0.4) is 0 Å². The highest BCUT2D eigenvalue weighted by atomic mass is 16.5. The van der Waals surface area contributed by atoms with E-state index in [1.54, 1.807) is 12.0 Å². The number of nitrogens with one attached hydrogen (secondary N) is 1. The van der Waals surface area contributed by atoms with E-state index in [0.29, 0.717) is 19.0 Å². The molecule has 1 aliphatic rings. The summed E-state index contributed by atoms with van der Waals surface area (Å²) in [6.45, 7) is 2.36. The minimum absolute atomic E-state index is 0.0358. The predicted octanol–water partition coefficient (Wildman–Crippen LogP) is 0.529. The number of carbonyl (C=O) groups is 2. The van der Waals surface area contributed by atoms with E-state index in [1.165, 1.54) is 0 Å². The molecule has 1 rings (SSSR count). The molecule has 98 valence electrons. The Morgan fingerprint density at radius 1 is 1.41 bits per heavy atom. The van der Waals surface area contributed by atoms with Crippen LogP contribution in [0, 0.1) is 5.92 Å². The highest BCUT2D eigenvalue weighted by Gasteiger charge is 2.22. The number of nitrogens with zero attached hydrogens (tertiary/aromatic N) is 1. The van der Waals surface area contributed by atoms with Gasteiger partial charge in [0.1, 0.15) is 0 Å². The van der Waals surface area contributed by atoms with E-state index in [4.69, 9.17) is 9.84 Å². The fourth-order valence-corrected chi connectivity index (χ4v) is 1.93. The third kappa shape index (κ3) is 5.04. The molecule has 0 radical (unpaired) electrons. The molecule has 0 aromatic heterocycles. The van der Waals surface area contributed by atoms with Crippen LogP contribution in [0.1, 0.15) is 19.3 Å². The largest absolute Gasteiger partial charge is 0.481 e. The number of piperidine rings is 1. The molecule has 2 amide bonds. The molecular weight excluding hydrogens is 224 g/mol. The third-order valence-electron chi connectivity index (χ3n) is 2.92. The van der Waals surface area contributed by atoms with E-state index in [-0.39, 0.29) is 19.0 Å². The Hall–Kier alpha value is -1.30. The van der Waals surface area contributed by atoms with Crippen molar-refractivity contribution >= 4 is 12.0 Å². The lowest BCUT2D eigenvalue weighted by Crippen LogP contribution is -2.45. The van der Waals surface area contributed by atoms with Gasteiger partial charge in [-0.3, -0.25) is 4.79 Å². The first-order chi connectivity index (χ1) is 8.13. The zero-order valence-electron chi connectivity index (χ0n) is 10.1. The van der Waals surface area contributed by atoms with Crippen molar-refractivity contribution in [3.8, 4) is 0 Å². The summed E-state index contributed by atoms with van der Waals surface area (Å²) in [6.07, 6.45) is 1.85. The smallest absolute Gasteiger partial charge is 0.317 e. The minimum Gasteiger partial charge on any atom is -0.481 e. The predicted molar refractivity (Wildman–Crippen MR) is 61.8 cm³/mol. The van der Waals surface area contributed by atoms with Crippen molar-refractivity contribution in [3.63, 3.8) is 0 Å². The first-order valence-corrected chi connectivity index (χ1v) is 5.87. The SMILES string of the molecule is COCC1CCN(C(=O)NCCC(=O)O)CC1. The maximum atomic E-state index is 11.6. The maximum Gasteiger partial charge on any atom is 0.317 e. The average molecular weight is 244 g/mol. The van der Waals surface area contributed by atoms with Crippen molar-refractivity contribution in [1.82, 2.24) is 10.2 Å². The summed E-state index contributed by atoms with van der Waals surface area (Å²) in [5, 5.41) is 11.1. The van der Waals surface area contributed by atoms with E-state index >= 15 is 0 Å². The molecule has 0 bridgehead atoms. The van der Waals surface area contributed by atoms with Crippen LogP contribution in [0.15, 0.2) is 0 Å². The number of hydrogen-bond donors (Lipinski definition) is 2. The van der Waals surface area contributed by atoms with E-state index in [0.717, 1.165) is 19.4 Å². The quantitative estimate of drug-likeness (QED) is 0.739. The summed E-state index contributed by atoms with van der Waals surface area (Å²) in [7, 11) is 1.69. The topological polar surface area (TPSA) is 78.9 Å². The van der Waals surface area contributed by atoms with Gasteiger partial charge in [-0.05, 0) is 18.8 Å².